The third-order valence-electron chi connectivity index (χ3n) is 5.05. The Labute approximate surface area is 190 Å². The van der Waals surface area contributed by atoms with Gasteiger partial charge in [-0.05, 0) is 61.4 Å². The number of carbonyl (C=O) groups excluding carboxylic acids is 1. The lowest BCUT2D eigenvalue weighted by Crippen LogP contribution is -2.34. The van der Waals surface area contributed by atoms with Crippen LogP contribution in [0, 0.1) is 0 Å². The normalized spacial score (nSPS) is 16.4. The first-order valence-electron chi connectivity index (χ1n) is 9.92. The van der Waals surface area contributed by atoms with Gasteiger partial charge in [0.2, 0.25) is 15.9 Å². The zero-order valence-corrected chi connectivity index (χ0v) is 18.8. The number of benzene rings is 2. The number of hydrogen-bond donors (Lipinski definition) is 1. The van der Waals surface area contributed by atoms with E-state index < -0.39 is 15.9 Å². The van der Waals surface area contributed by atoms with Crippen LogP contribution in [0.3, 0.4) is 0 Å². The molecule has 1 fully saturated rings. The lowest BCUT2D eigenvalue weighted by Gasteiger charge is -2.20. The Morgan fingerprint density at radius 2 is 1.88 bits per heavy atom. The van der Waals surface area contributed by atoms with Crippen LogP contribution in [-0.4, -0.2) is 55.1 Å². The van der Waals surface area contributed by atoms with Crippen LogP contribution in [0.25, 0.3) is 11.5 Å². The van der Waals surface area contributed by atoms with Crippen LogP contribution in [0.5, 0.6) is 0 Å². The largest absolute Gasteiger partial charge is 0.403 e. The van der Waals surface area contributed by atoms with Gasteiger partial charge in [0.05, 0.1) is 11.0 Å². The second-order valence-electron chi connectivity index (χ2n) is 7.32. The molecule has 1 amide bonds. The third kappa shape index (κ3) is 4.99. The van der Waals surface area contributed by atoms with Crippen LogP contribution in [-0.2, 0) is 14.8 Å². The van der Waals surface area contributed by atoms with Crippen molar-refractivity contribution in [3.05, 3.63) is 59.1 Å². The van der Waals surface area contributed by atoms with Crippen LogP contribution in [0.15, 0.2) is 57.8 Å². The maximum Gasteiger partial charge on any atom is 0.322 e. The smallest absolute Gasteiger partial charge is 0.322 e. The molecular formula is C21H21ClN4O5S. The summed E-state index contributed by atoms with van der Waals surface area (Å²) in [6.07, 6.45) is 1.69. The summed E-state index contributed by atoms with van der Waals surface area (Å²) in [5, 5.41) is 10.8. The van der Waals surface area contributed by atoms with Crippen molar-refractivity contribution < 1.29 is 22.4 Å². The molecule has 1 aliphatic rings. The number of nitrogens with zero attached hydrogens (tertiary/aromatic N) is 3. The Bertz CT molecular complexity index is 1190. The molecule has 0 spiro atoms. The second kappa shape index (κ2) is 9.37. The van der Waals surface area contributed by atoms with E-state index in [1.54, 1.807) is 24.3 Å². The molecule has 2 aromatic carbocycles. The van der Waals surface area contributed by atoms with E-state index in [4.69, 9.17) is 20.8 Å². The van der Waals surface area contributed by atoms with Gasteiger partial charge >= 0.3 is 6.01 Å². The Morgan fingerprint density at radius 3 is 2.53 bits per heavy atom. The van der Waals surface area contributed by atoms with E-state index in [1.807, 2.05) is 0 Å². The molecule has 0 unspecified atom stereocenters. The standard InChI is InChI=1S/C21H21ClN4O5S/c1-26(13-17-3-2-12-30-17)32(28,29)18-10-6-14(7-11-18)19(27)23-21-25-24-20(31-21)15-4-8-16(22)9-5-15/h4-11,17H,2-3,12-13H2,1H3,(H,23,25,27)/t17-/m1/s1. The number of halogens is 1. The number of hydrogen-bond acceptors (Lipinski definition) is 7. The van der Waals surface area contributed by atoms with Crippen molar-refractivity contribution in [3.63, 3.8) is 0 Å². The molecule has 0 bridgehead atoms. The molecule has 3 aromatic rings. The topological polar surface area (TPSA) is 115 Å². The molecule has 9 nitrogen and oxygen atoms in total. The summed E-state index contributed by atoms with van der Waals surface area (Å²) < 4.78 is 37.8. The van der Waals surface area contributed by atoms with Crippen molar-refractivity contribution in [3.8, 4) is 11.5 Å². The van der Waals surface area contributed by atoms with Crippen LogP contribution in [0.1, 0.15) is 23.2 Å². The Morgan fingerprint density at radius 1 is 1.16 bits per heavy atom. The average Bonchev–Trinajstić information content (AvgIpc) is 3.46. The molecule has 0 saturated carbocycles. The van der Waals surface area contributed by atoms with Crippen molar-refractivity contribution in [1.82, 2.24) is 14.5 Å². The van der Waals surface area contributed by atoms with Gasteiger partial charge < -0.3 is 9.15 Å². The van der Waals surface area contributed by atoms with Gasteiger partial charge in [0, 0.05) is 36.3 Å². The van der Waals surface area contributed by atoms with Crippen molar-refractivity contribution in [2.75, 3.05) is 25.5 Å². The maximum atomic E-state index is 12.8. The van der Waals surface area contributed by atoms with Crippen molar-refractivity contribution in [2.45, 2.75) is 23.8 Å². The number of anilines is 1. The number of sulfonamides is 1. The van der Waals surface area contributed by atoms with Crippen LogP contribution in [0.2, 0.25) is 5.02 Å². The van der Waals surface area contributed by atoms with Crippen molar-refractivity contribution in [2.24, 2.45) is 0 Å². The van der Waals surface area contributed by atoms with E-state index >= 15 is 0 Å². The monoisotopic (exact) mass is 476 g/mol. The maximum absolute atomic E-state index is 12.8. The number of carbonyl (C=O) groups is 1. The first-order chi connectivity index (χ1) is 15.3. The summed E-state index contributed by atoms with van der Waals surface area (Å²) in [7, 11) is -2.17. The molecule has 32 heavy (non-hydrogen) atoms. The molecule has 1 aromatic heterocycles. The fraction of sp³-hybridized carbons (Fsp3) is 0.286. The minimum Gasteiger partial charge on any atom is -0.403 e. The van der Waals surface area contributed by atoms with Gasteiger partial charge in [-0.15, -0.1) is 5.10 Å². The molecule has 0 aliphatic carbocycles. The summed E-state index contributed by atoms with van der Waals surface area (Å²) in [4.78, 5) is 12.6. The van der Waals surface area contributed by atoms with Gasteiger partial charge in [0.25, 0.3) is 5.91 Å². The highest BCUT2D eigenvalue weighted by Gasteiger charge is 2.26. The van der Waals surface area contributed by atoms with Crippen LogP contribution >= 0.6 is 11.6 Å². The van der Waals surface area contributed by atoms with Gasteiger partial charge in [0.1, 0.15) is 0 Å². The molecular weight excluding hydrogens is 456 g/mol. The highest BCUT2D eigenvalue weighted by Crippen LogP contribution is 2.23. The van der Waals surface area contributed by atoms with E-state index in [0.29, 0.717) is 17.2 Å². The number of nitrogens with one attached hydrogen (secondary N) is 1. The quantitative estimate of drug-likeness (QED) is 0.555. The summed E-state index contributed by atoms with van der Waals surface area (Å²) in [6, 6.07) is 12.4. The van der Waals surface area contributed by atoms with E-state index in [9.17, 15) is 13.2 Å². The van der Waals surface area contributed by atoms with E-state index in [-0.39, 0.29) is 35.0 Å². The van der Waals surface area contributed by atoms with Gasteiger partial charge in [-0.1, -0.05) is 16.7 Å². The van der Waals surface area contributed by atoms with Gasteiger partial charge in [-0.25, -0.2) is 8.42 Å². The van der Waals surface area contributed by atoms with Gasteiger partial charge in [-0.2, -0.15) is 4.31 Å². The lowest BCUT2D eigenvalue weighted by atomic mass is 10.2. The first-order valence-corrected chi connectivity index (χ1v) is 11.7. The molecule has 4 rings (SSSR count). The summed E-state index contributed by atoms with van der Waals surface area (Å²) in [6.45, 7) is 0.946. The fourth-order valence-corrected chi connectivity index (χ4v) is 4.61. The van der Waals surface area contributed by atoms with E-state index in [2.05, 4.69) is 15.5 Å². The lowest BCUT2D eigenvalue weighted by molar-refractivity contribution is 0.0979. The predicted octanol–water partition coefficient (Wildman–Crippen LogP) is 3.44. The molecule has 1 atom stereocenters. The highest BCUT2D eigenvalue weighted by atomic mass is 35.5. The number of rotatable bonds is 7. The zero-order chi connectivity index (χ0) is 22.7. The Balaban J connectivity index is 1.41. The first kappa shape index (κ1) is 22.4. The third-order valence-corrected chi connectivity index (χ3v) is 7.14. The van der Waals surface area contributed by atoms with Gasteiger partial charge in [-0.3, -0.25) is 10.1 Å². The molecule has 2 heterocycles. The molecule has 1 aliphatic heterocycles. The highest BCUT2D eigenvalue weighted by molar-refractivity contribution is 7.89. The van der Waals surface area contributed by atoms with Crippen molar-refractivity contribution >= 4 is 33.5 Å². The number of likely N-dealkylation sites (N-methyl/N-ethyl adjacent to an activating group) is 1. The summed E-state index contributed by atoms with van der Waals surface area (Å²) in [5.41, 5.74) is 0.904. The summed E-state index contributed by atoms with van der Waals surface area (Å²) in [5.74, 6) is -0.277. The Hall–Kier alpha value is -2.79. The zero-order valence-electron chi connectivity index (χ0n) is 17.2. The minimum atomic E-state index is -3.69. The number of aromatic nitrogens is 2. The van der Waals surface area contributed by atoms with E-state index in [1.165, 1.54) is 35.6 Å². The average molecular weight is 477 g/mol. The molecule has 1 saturated heterocycles. The minimum absolute atomic E-state index is 0.0760. The van der Waals surface area contributed by atoms with Crippen molar-refractivity contribution in [1.29, 1.82) is 0 Å². The molecule has 168 valence electrons. The molecule has 1 N–H and O–H groups in total. The second-order valence-corrected chi connectivity index (χ2v) is 9.80. The number of ether oxygens (including phenoxy) is 1. The molecule has 11 heteroatoms. The van der Waals surface area contributed by atoms with Crippen LogP contribution in [0.4, 0.5) is 6.01 Å². The predicted molar refractivity (Wildman–Crippen MR) is 118 cm³/mol. The summed E-state index contributed by atoms with van der Waals surface area (Å²) >= 11 is 5.87. The fourth-order valence-electron chi connectivity index (χ4n) is 3.28. The SMILES string of the molecule is CN(C[C@H]1CCCO1)S(=O)(=O)c1ccc(C(=O)Nc2nnc(-c3ccc(Cl)cc3)o2)cc1. The number of amides is 1. The Kier molecular flexibility index (Phi) is 6.56. The van der Waals surface area contributed by atoms with Crippen LogP contribution < -0.4 is 5.32 Å². The molecule has 0 radical (unpaired) electrons. The van der Waals surface area contributed by atoms with Gasteiger partial charge in [0.15, 0.2) is 0 Å². The van der Waals surface area contributed by atoms with E-state index in [0.717, 1.165) is 12.8 Å².